The lowest BCUT2D eigenvalue weighted by molar-refractivity contribution is 0.0519. The van der Waals surface area contributed by atoms with Crippen molar-refractivity contribution in [3.05, 3.63) is 30.1 Å². The third kappa shape index (κ3) is 5.48. The number of aromatic nitrogens is 2. The second-order valence-corrected chi connectivity index (χ2v) is 6.90. The number of nitrogens with one attached hydrogen (secondary N) is 1. The van der Waals surface area contributed by atoms with Gasteiger partial charge in [-0.15, -0.1) is 0 Å². The molecule has 2 aromatic heterocycles. The van der Waals surface area contributed by atoms with Crippen molar-refractivity contribution in [3.63, 3.8) is 0 Å². The van der Waals surface area contributed by atoms with Crippen LogP contribution in [0.3, 0.4) is 0 Å². The largest absolute Gasteiger partial charge is 0.473 e. The lowest BCUT2D eigenvalue weighted by Crippen LogP contribution is -2.34. The van der Waals surface area contributed by atoms with Gasteiger partial charge in [-0.2, -0.15) is 0 Å². The standard InChI is InChI=1S/C18H25N3O4/c1-12(2)14-15(13-7-6-8-19-11-13)25-21-16(14)23-10-9-20-17(22)24-18(3,4)5/h6-8,11-12H,9-10H2,1-5H3,(H,20,22). The van der Waals surface area contributed by atoms with Gasteiger partial charge in [-0.1, -0.05) is 13.8 Å². The number of carbonyl (C=O) groups excluding carboxylic acids is 1. The minimum atomic E-state index is -0.527. The Morgan fingerprint density at radius 3 is 2.72 bits per heavy atom. The van der Waals surface area contributed by atoms with Gasteiger partial charge in [-0.25, -0.2) is 4.79 Å². The van der Waals surface area contributed by atoms with Gasteiger partial charge in [0.15, 0.2) is 5.76 Å². The van der Waals surface area contributed by atoms with Crippen LogP contribution in [0.2, 0.25) is 0 Å². The van der Waals surface area contributed by atoms with Crippen LogP contribution in [0.5, 0.6) is 5.88 Å². The van der Waals surface area contributed by atoms with E-state index in [0.29, 0.717) is 18.2 Å². The number of nitrogens with zero attached hydrogens (tertiary/aromatic N) is 2. The van der Waals surface area contributed by atoms with Crippen LogP contribution >= 0.6 is 0 Å². The molecule has 0 fully saturated rings. The Labute approximate surface area is 147 Å². The Hall–Kier alpha value is -2.57. The highest BCUT2D eigenvalue weighted by Crippen LogP contribution is 2.35. The van der Waals surface area contributed by atoms with Crippen LogP contribution in [0.15, 0.2) is 29.0 Å². The number of rotatable bonds is 6. The highest BCUT2D eigenvalue weighted by Gasteiger charge is 2.22. The molecular formula is C18H25N3O4. The Kier molecular flexibility index (Phi) is 6.01. The van der Waals surface area contributed by atoms with Crippen LogP contribution in [-0.4, -0.2) is 35.0 Å². The molecule has 0 aliphatic carbocycles. The van der Waals surface area contributed by atoms with Gasteiger partial charge in [0, 0.05) is 18.0 Å². The molecular weight excluding hydrogens is 322 g/mol. The van der Waals surface area contributed by atoms with E-state index in [9.17, 15) is 4.79 Å². The van der Waals surface area contributed by atoms with E-state index >= 15 is 0 Å². The van der Waals surface area contributed by atoms with E-state index in [-0.39, 0.29) is 12.5 Å². The molecule has 0 radical (unpaired) electrons. The fraction of sp³-hybridized carbons (Fsp3) is 0.500. The molecule has 2 aromatic rings. The Morgan fingerprint density at radius 2 is 2.12 bits per heavy atom. The van der Waals surface area contributed by atoms with E-state index < -0.39 is 11.7 Å². The summed E-state index contributed by atoms with van der Waals surface area (Å²) in [6.45, 7) is 10.1. The number of carbonyl (C=O) groups is 1. The first-order valence-corrected chi connectivity index (χ1v) is 8.27. The summed E-state index contributed by atoms with van der Waals surface area (Å²) < 4.78 is 16.3. The van der Waals surface area contributed by atoms with E-state index in [1.165, 1.54) is 0 Å². The topological polar surface area (TPSA) is 86.5 Å². The number of pyridine rings is 1. The van der Waals surface area contributed by atoms with Crippen molar-refractivity contribution in [2.45, 2.75) is 46.1 Å². The van der Waals surface area contributed by atoms with E-state index in [2.05, 4.69) is 15.5 Å². The lowest BCUT2D eigenvalue weighted by Gasteiger charge is -2.19. The maximum atomic E-state index is 11.6. The van der Waals surface area contributed by atoms with Gasteiger partial charge in [-0.3, -0.25) is 4.98 Å². The molecule has 0 saturated heterocycles. The van der Waals surface area contributed by atoms with Gasteiger partial charge < -0.3 is 19.3 Å². The number of ether oxygens (including phenoxy) is 2. The quantitative estimate of drug-likeness (QED) is 0.801. The maximum absolute atomic E-state index is 11.6. The maximum Gasteiger partial charge on any atom is 0.407 e. The highest BCUT2D eigenvalue weighted by molar-refractivity contribution is 5.67. The smallest absolute Gasteiger partial charge is 0.407 e. The summed E-state index contributed by atoms with van der Waals surface area (Å²) in [6.07, 6.45) is 2.95. The summed E-state index contributed by atoms with van der Waals surface area (Å²) in [5.41, 5.74) is 1.20. The molecule has 2 heterocycles. The Bertz CT molecular complexity index is 690. The van der Waals surface area contributed by atoms with Gasteiger partial charge in [0.1, 0.15) is 12.2 Å². The molecule has 7 nitrogen and oxygen atoms in total. The van der Waals surface area contributed by atoms with Crippen LogP contribution in [0.4, 0.5) is 4.79 Å². The minimum Gasteiger partial charge on any atom is -0.473 e. The molecule has 0 bridgehead atoms. The van der Waals surface area contributed by atoms with Gasteiger partial charge >= 0.3 is 6.09 Å². The van der Waals surface area contributed by atoms with Gasteiger partial charge in [0.05, 0.1) is 12.1 Å². The summed E-state index contributed by atoms with van der Waals surface area (Å²) in [4.78, 5) is 15.7. The highest BCUT2D eigenvalue weighted by atomic mass is 16.6. The number of hydrogen-bond donors (Lipinski definition) is 1. The molecule has 0 aliphatic heterocycles. The predicted octanol–water partition coefficient (Wildman–Crippen LogP) is 3.76. The predicted molar refractivity (Wildman–Crippen MR) is 93.6 cm³/mol. The third-order valence-corrected chi connectivity index (χ3v) is 3.21. The van der Waals surface area contributed by atoms with Crippen LogP contribution in [0, 0.1) is 0 Å². The molecule has 1 amide bonds. The van der Waals surface area contributed by atoms with Gasteiger partial charge in [0.2, 0.25) is 0 Å². The molecule has 0 atom stereocenters. The van der Waals surface area contributed by atoms with Crippen molar-refractivity contribution < 1.29 is 18.8 Å². The molecule has 0 spiro atoms. The molecule has 136 valence electrons. The molecule has 0 unspecified atom stereocenters. The van der Waals surface area contributed by atoms with Crippen molar-refractivity contribution in [2.75, 3.05) is 13.2 Å². The molecule has 1 N–H and O–H groups in total. The molecule has 0 saturated carbocycles. The second kappa shape index (κ2) is 8.00. The molecule has 0 aliphatic rings. The number of alkyl carbamates (subject to hydrolysis) is 1. The minimum absolute atomic E-state index is 0.162. The summed E-state index contributed by atoms with van der Waals surface area (Å²) in [7, 11) is 0. The molecule has 7 heteroatoms. The molecule has 0 aromatic carbocycles. The van der Waals surface area contributed by atoms with Crippen molar-refractivity contribution >= 4 is 6.09 Å². The van der Waals surface area contributed by atoms with E-state index in [1.807, 2.05) is 46.8 Å². The zero-order valence-electron chi connectivity index (χ0n) is 15.3. The lowest BCUT2D eigenvalue weighted by atomic mass is 10.0. The van der Waals surface area contributed by atoms with Crippen molar-refractivity contribution in [2.24, 2.45) is 0 Å². The summed E-state index contributed by atoms with van der Waals surface area (Å²) in [6, 6.07) is 3.75. The van der Waals surface area contributed by atoms with Crippen molar-refractivity contribution in [1.82, 2.24) is 15.5 Å². The fourth-order valence-corrected chi connectivity index (χ4v) is 2.22. The number of hydrogen-bond acceptors (Lipinski definition) is 6. The first-order chi connectivity index (χ1) is 11.8. The van der Waals surface area contributed by atoms with Crippen molar-refractivity contribution in [1.29, 1.82) is 0 Å². The summed E-state index contributed by atoms with van der Waals surface area (Å²) in [5, 5.41) is 6.66. The average Bonchev–Trinajstić information content (AvgIpc) is 2.95. The monoisotopic (exact) mass is 347 g/mol. The summed E-state index contributed by atoms with van der Waals surface area (Å²) in [5.74, 6) is 1.24. The van der Waals surface area contributed by atoms with E-state index in [4.69, 9.17) is 14.0 Å². The van der Waals surface area contributed by atoms with Gasteiger partial charge in [0.25, 0.3) is 5.88 Å². The van der Waals surface area contributed by atoms with E-state index in [1.54, 1.807) is 12.4 Å². The van der Waals surface area contributed by atoms with Crippen LogP contribution in [-0.2, 0) is 4.74 Å². The summed E-state index contributed by atoms with van der Waals surface area (Å²) >= 11 is 0. The fourth-order valence-electron chi connectivity index (χ4n) is 2.22. The molecule has 25 heavy (non-hydrogen) atoms. The SMILES string of the molecule is CC(C)c1c(OCCNC(=O)OC(C)(C)C)noc1-c1cccnc1. The van der Waals surface area contributed by atoms with Gasteiger partial charge in [-0.05, 0) is 44.0 Å². The van der Waals surface area contributed by atoms with Crippen molar-refractivity contribution in [3.8, 4) is 17.2 Å². The Morgan fingerprint density at radius 1 is 1.36 bits per heavy atom. The first-order valence-electron chi connectivity index (χ1n) is 8.27. The molecule has 2 rings (SSSR count). The van der Waals surface area contributed by atoms with Crippen LogP contribution in [0.1, 0.15) is 46.1 Å². The zero-order valence-corrected chi connectivity index (χ0v) is 15.3. The normalized spacial score (nSPS) is 11.4. The third-order valence-electron chi connectivity index (χ3n) is 3.21. The Balaban J connectivity index is 1.97. The first kappa shape index (κ1) is 18.8. The number of amides is 1. The average molecular weight is 347 g/mol. The van der Waals surface area contributed by atoms with E-state index in [0.717, 1.165) is 11.1 Å². The second-order valence-electron chi connectivity index (χ2n) is 6.90. The zero-order chi connectivity index (χ0) is 18.4. The van der Waals surface area contributed by atoms with Crippen LogP contribution in [0.25, 0.3) is 11.3 Å². The van der Waals surface area contributed by atoms with Crippen LogP contribution < -0.4 is 10.1 Å².